The Morgan fingerprint density at radius 1 is 1.08 bits per heavy atom. The third kappa shape index (κ3) is 6.91. The molecule has 4 rings (SSSR count). The van der Waals surface area contributed by atoms with E-state index in [-0.39, 0.29) is 29.7 Å². The lowest BCUT2D eigenvalue weighted by molar-refractivity contribution is -0.132. The molecule has 0 radical (unpaired) electrons. The lowest BCUT2D eigenvalue weighted by Gasteiger charge is -2.30. The van der Waals surface area contributed by atoms with Gasteiger partial charge in [-0.3, -0.25) is 4.79 Å². The lowest BCUT2D eigenvalue weighted by Crippen LogP contribution is -2.40. The summed E-state index contributed by atoms with van der Waals surface area (Å²) in [6.45, 7) is 9.05. The van der Waals surface area contributed by atoms with Crippen molar-refractivity contribution < 1.29 is 28.2 Å². The topological polar surface area (TPSA) is 76.2 Å². The predicted molar refractivity (Wildman–Crippen MR) is 141 cm³/mol. The quantitative estimate of drug-likeness (QED) is 0.429. The summed E-state index contributed by atoms with van der Waals surface area (Å²) in [7, 11) is 0. The fourth-order valence-corrected chi connectivity index (χ4v) is 4.98. The number of hydrogen-bond acceptors (Lipinski definition) is 5. The van der Waals surface area contributed by atoms with Gasteiger partial charge in [0.15, 0.2) is 0 Å². The molecular weight excluding hydrogens is 487 g/mol. The van der Waals surface area contributed by atoms with E-state index in [2.05, 4.69) is 0 Å². The summed E-state index contributed by atoms with van der Waals surface area (Å²) >= 11 is 0. The Morgan fingerprint density at radius 3 is 2.50 bits per heavy atom. The first-order valence-corrected chi connectivity index (χ1v) is 13.4. The summed E-state index contributed by atoms with van der Waals surface area (Å²) in [6.07, 6.45) is 1.94. The number of hydrogen-bond donors (Lipinski definition) is 0. The van der Waals surface area contributed by atoms with Crippen molar-refractivity contribution in [3.8, 4) is 0 Å². The second-order valence-corrected chi connectivity index (χ2v) is 11.0. The first-order chi connectivity index (χ1) is 18.1. The molecule has 1 saturated carbocycles. The van der Waals surface area contributed by atoms with Crippen LogP contribution in [0.2, 0.25) is 0 Å². The zero-order chi connectivity index (χ0) is 27.4. The molecule has 1 heterocycles. The summed E-state index contributed by atoms with van der Waals surface area (Å²) in [6, 6.07) is 11.9. The van der Waals surface area contributed by atoms with Crippen LogP contribution in [0.25, 0.3) is 0 Å². The summed E-state index contributed by atoms with van der Waals surface area (Å²) in [5, 5.41) is 0. The second-order valence-electron chi connectivity index (χ2n) is 11.0. The molecule has 2 atom stereocenters. The maximum Gasteiger partial charge on any atom is 0.410 e. The van der Waals surface area contributed by atoms with Gasteiger partial charge >= 0.3 is 12.1 Å². The first-order valence-electron chi connectivity index (χ1n) is 13.4. The van der Waals surface area contributed by atoms with Crippen LogP contribution in [-0.2, 0) is 27.2 Å². The smallest absolute Gasteiger partial charge is 0.410 e. The molecule has 0 spiro atoms. The van der Waals surface area contributed by atoms with Gasteiger partial charge in [0, 0.05) is 38.0 Å². The Morgan fingerprint density at radius 2 is 1.82 bits per heavy atom. The maximum atomic E-state index is 13.4. The average molecular weight is 525 g/mol. The summed E-state index contributed by atoms with van der Waals surface area (Å²) in [5.74, 6) is -0.496. The van der Waals surface area contributed by atoms with Gasteiger partial charge in [-0.15, -0.1) is 0 Å². The van der Waals surface area contributed by atoms with Crippen LogP contribution in [0.1, 0.15) is 79.9 Å². The zero-order valence-corrected chi connectivity index (χ0v) is 22.7. The highest BCUT2D eigenvalue weighted by atomic mass is 19.1. The molecule has 2 aromatic carbocycles. The molecule has 2 aliphatic rings. The van der Waals surface area contributed by atoms with E-state index in [0.29, 0.717) is 44.6 Å². The standard InChI is InChI=1S/C30H37FN2O5/c1-5-37-28(35)22-9-8-20-14-16-32(19-23(20)17-22)27(34)7-6-15-33(29(36)38-30(2,3)4)26-18-25(26)21-10-12-24(31)13-11-21/h8-13,17,25-26H,5-7,14-16,18-19H2,1-4H3. The van der Waals surface area contributed by atoms with Crippen molar-refractivity contribution in [1.82, 2.24) is 9.80 Å². The molecule has 0 aromatic heterocycles. The fraction of sp³-hybridized carbons (Fsp3) is 0.500. The van der Waals surface area contributed by atoms with Crippen LogP contribution in [0.5, 0.6) is 0 Å². The number of rotatable bonds is 8. The van der Waals surface area contributed by atoms with Crippen molar-refractivity contribution in [2.45, 2.75) is 77.5 Å². The molecule has 204 valence electrons. The minimum Gasteiger partial charge on any atom is -0.462 e. The Hall–Kier alpha value is -3.42. The van der Waals surface area contributed by atoms with Crippen molar-refractivity contribution in [1.29, 1.82) is 0 Å². The van der Waals surface area contributed by atoms with Crippen molar-refractivity contribution in [3.63, 3.8) is 0 Å². The van der Waals surface area contributed by atoms with Gasteiger partial charge < -0.3 is 19.3 Å². The second kappa shape index (κ2) is 11.5. The lowest BCUT2D eigenvalue weighted by atomic mass is 9.97. The van der Waals surface area contributed by atoms with Crippen LogP contribution < -0.4 is 0 Å². The number of benzene rings is 2. The van der Waals surface area contributed by atoms with E-state index >= 15 is 0 Å². The Bertz CT molecular complexity index is 1170. The van der Waals surface area contributed by atoms with Gasteiger partial charge in [-0.05, 0) is 87.9 Å². The molecule has 1 fully saturated rings. The third-order valence-corrected chi connectivity index (χ3v) is 6.96. The van der Waals surface area contributed by atoms with E-state index in [1.807, 2.05) is 37.8 Å². The highest BCUT2D eigenvalue weighted by Crippen LogP contribution is 2.45. The number of fused-ring (bicyclic) bond motifs is 1. The number of ether oxygens (including phenoxy) is 2. The zero-order valence-electron chi connectivity index (χ0n) is 22.7. The van der Waals surface area contributed by atoms with Crippen molar-refractivity contribution in [3.05, 3.63) is 70.5 Å². The van der Waals surface area contributed by atoms with E-state index in [1.54, 1.807) is 30.0 Å². The molecule has 2 unspecified atom stereocenters. The molecule has 7 nitrogen and oxygen atoms in total. The number of carbonyl (C=O) groups is 3. The number of carbonyl (C=O) groups excluding carboxylic acids is 3. The molecule has 0 N–H and O–H groups in total. The van der Waals surface area contributed by atoms with E-state index in [4.69, 9.17) is 9.47 Å². The largest absolute Gasteiger partial charge is 0.462 e. The molecule has 1 aliphatic heterocycles. The first kappa shape index (κ1) is 27.6. The molecule has 1 aliphatic carbocycles. The molecule has 2 aromatic rings. The Kier molecular flexibility index (Phi) is 8.38. The van der Waals surface area contributed by atoms with Crippen LogP contribution in [0.4, 0.5) is 9.18 Å². The normalized spacial score (nSPS) is 18.4. The van der Waals surface area contributed by atoms with Crippen molar-refractivity contribution in [2.24, 2.45) is 0 Å². The monoisotopic (exact) mass is 524 g/mol. The number of esters is 1. The Labute approximate surface area is 223 Å². The van der Waals surface area contributed by atoms with E-state index in [9.17, 15) is 18.8 Å². The fourth-order valence-electron chi connectivity index (χ4n) is 4.98. The van der Waals surface area contributed by atoms with Crippen LogP contribution in [-0.4, -0.2) is 59.1 Å². The number of amides is 2. The molecule has 0 saturated heterocycles. The molecule has 38 heavy (non-hydrogen) atoms. The van der Waals surface area contributed by atoms with E-state index in [0.717, 1.165) is 29.5 Å². The van der Waals surface area contributed by atoms with Gasteiger partial charge in [-0.1, -0.05) is 18.2 Å². The van der Waals surface area contributed by atoms with Gasteiger partial charge in [0.05, 0.1) is 12.2 Å². The molecular formula is C30H37FN2O5. The minimum absolute atomic E-state index is 0.0206. The van der Waals surface area contributed by atoms with Crippen molar-refractivity contribution in [2.75, 3.05) is 19.7 Å². The van der Waals surface area contributed by atoms with Gasteiger partial charge in [-0.25, -0.2) is 14.0 Å². The van der Waals surface area contributed by atoms with Gasteiger partial charge in [0.25, 0.3) is 0 Å². The van der Waals surface area contributed by atoms with E-state index < -0.39 is 11.7 Å². The summed E-state index contributed by atoms with van der Waals surface area (Å²) < 4.78 is 24.1. The maximum absolute atomic E-state index is 13.4. The highest BCUT2D eigenvalue weighted by molar-refractivity contribution is 5.89. The predicted octanol–water partition coefficient (Wildman–Crippen LogP) is 5.46. The van der Waals surface area contributed by atoms with Gasteiger partial charge in [0.1, 0.15) is 11.4 Å². The van der Waals surface area contributed by atoms with Crippen molar-refractivity contribution >= 4 is 18.0 Å². The minimum atomic E-state index is -0.630. The van der Waals surface area contributed by atoms with Gasteiger partial charge in [0.2, 0.25) is 5.91 Å². The third-order valence-electron chi connectivity index (χ3n) is 6.96. The van der Waals surface area contributed by atoms with Gasteiger partial charge in [-0.2, -0.15) is 0 Å². The summed E-state index contributed by atoms with van der Waals surface area (Å²) in [5.41, 5.74) is 2.96. The van der Waals surface area contributed by atoms with Crippen LogP contribution in [0.3, 0.4) is 0 Å². The summed E-state index contributed by atoms with van der Waals surface area (Å²) in [4.78, 5) is 41.8. The average Bonchev–Trinajstić information content (AvgIpc) is 3.65. The molecule has 8 heteroatoms. The SMILES string of the molecule is CCOC(=O)c1ccc2c(c1)CN(C(=O)CCCN(C(=O)OC(C)(C)C)C1CC1c1ccc(F)cc1)CC2. The van der Waals surface area contributed by atoms with E-state index in [1.165, 1.54) is 12.1 Å². The number of nitrogens with zero attached hydrogens (tertiary/aromatic N) is 2. The molecule has 2 amide bonds. The molecule has 0 bridgehead atoms. The highest BCUT2D eigenvalue weighted by Gasteiger charge is 2.45. The van der Waals surface area contributed by atoms with Crippen LogP contribution in [0.15, 0.2) is 42.5 Å². The number of halogens is 1. The van der Waals surface area contributed by atoms with Crippen LogP contribution >= 0.6 is 0 Å². The Balaban J connectivity index is 1.36. The van der Waals surface area contributed by atoms with Crippen LogP contribution in [0, 0.1) is 5.82 Å².